The van der Waals surface area contributed by atoms with E-state index in [-0.39, 0.29) is 30.2 Å². The molecule has 0 bridgehead atoms. The molecule has 1 aromatic rings. The van der Waals surface area contributed by atoms with Gasteiger partial charge >= 0.3 is 5.97 Å². The summed E-state index contributed by atoms with van der Waals surface area (Å²) < 4.78 is 0. The molecule has 0 spiro atoms. The Morgan fingerprint density at radius 2 is 2.25 bits per heavy atom. The monoisotopic (exact) mass is 225 g/mol. The van der Waals surface area contributed by atoms with Gasteiger partial charge in [0.25, 0.3) is 0 Å². The lowest BCUT2D eigenvalue weighted by molar-refractivity contribution is 0.0690. The van der Waals surface area contributed by atoms with Gasteiger partial charge in [-0.2, -0.15) is 0 Å². The molecule has 16 heavy (non-hydrogen) atoms. The number of aliphatic hydroxyl groups excluding tert-OH is 1. The molecular formula is C10H15N3O3. The van der Waals surface area contributed by atoms with Crippen LogP contribution in [-0.4, -0.2) is 38.8 Å². The summed E-state index contributed by atoms with van der Waals surface area (Å²) in [6.45, 7) is 3.79. The van der Waals surface area contributed by atoms with Crippen molar-refractivity contribution < 1.29 is 15.0 Å². The summed E-state index contributed by atoms with van der Waals surface area (Å²) in [5, 5.41) is 20.6. The Kier molecular flexibility index (Phi) is 4.19. The first-order chi connectivity index (χ1) is 7.54. The van der Waals surface area contributed by atoms with Crippen LogP contribution in [-0.2, 0) is 0 Å². The first-order valence-electron chi connectivity index (χ1n) is 4.98. The molecule has 0 aliphatic heterocycles. The van der Waals surface area contributed by atoms with Crippen molar-refractivity contribution in [2.75, 3.05) is 11.9 Å². The smallest absolute Gasteiger partial charge is 0.354 e. The Bertz CT molecular complexity index is 370. The Morgan fingerprint density at radius 1 is 1.56 bits per heavy atom. The molecular weight excluding hydrogens is 210 g/mol. The maximum absolute atomic E-state index is 10.7. The molecule has 1 rings (SSSR count). The van der Waals surface area contributed by atoms with E-state index in [2.05, 4.69) is 15.3 Å². The maximum atomic E-state index is 10.7. The predicted octanol–water partition coefficient (Wildman–Crippen LogP) is 0.604. The fourth-order valence-corrected chi connectivity index (χ4v) is 1.05. The van der Waals surface area contributed by atoms with Crippen molar-refractivity contribution in [3.8, 4) is 0 Å². The summed E-state index contributed by atoms with van der Waals surface area (Å²) in [7, 11) is 0. The third-order valence-electron chi connectivity index (χ3n) is 2.37. The Morgan fingerprint density at radius 3 is 2.81 bits per heavy atom. The average molecular weight is 225 g/mol. The van der Waals surface area contributed by atoms with Crippen molar-refractivity contribution in [2.24, 2.45) is 5.92 Å². The molecule has 0 aromatic carbocycles. The van der Waals surface area contributed by atoms with Crippen molar-refractivity contribution in [3.05, 3.63) is 18.0 Å². The van der Waals surface area contributed by atoms with E-state index in [9.17, 15) is 4.79 Å². The number of nitrogens with one attached hydrogen (secondary N) is 1. The van der Waals surface area contributed by atoms with Crippen LogP contribution in [0.4, 0.5) is 5.95 Å². The second-order valence-electron chi connectivity index (χ2n) is 3.66. The molecule has 88 valence electrons. The molecule has 0 radical (unpaired) electrons. The highest BCUT2D eigenvalue weighted by atomic mass is 16.4. The van der Waals surface area contributed by atoms with Crippen molar-refractivity contribution in [2.45, 2.75) is 19.9 Å². The van der Waals surface area contributed by atoms with E-state index < -0.39 is 5.97 Å². The number of rotatable bonds is 5. The summed E-state index contributed by atoms with van der Waals surface area (Å²) in [6, 6.07) is 1.29. The van der Waals surface area contributed by atoms with Crippen molar-refractivity contribution in [1.82, 2.24) is 9.97 Å². The second-order valence-corrected chi connectivity index (χ2v) is 3.66. The maximum Gasteiger partial charge on any atom is 0.354 e. The largest absolute Gasteiger partial charge is 0.477 e. The minimum Gasteiger partial charge on any atom is -0.477 e. The number of carboxylic acids is 1. The molecule has 6 nitrogen and oxygen atoms in total. The predicted molar refractivity (Wildman–Crippen MR) is 58.3 cm³/mol. The minimum atomic E-state index is -1.09. The van der Waals surface area contributed by atoms with E-state index in [4.69, 9.17) is 10.2 Å². The van der Waals surface area contributed by atoms with Gasteiger partial charge in [0.2, 0.25) is 5.95 Å². The number of aromatic nitrogens is 2. The van der Waals surface area contributed by atoms with E-state index in [1.165, 1.54) is 12.3 Å². The summed E-state index contributed by atoms with van der Waals surface area (Å²) >= 11 is 0. The van der Waals surface area contributed by atoms with Crippen LogP contribution in [0.1, 0.15) is 24.3 Å². The van der Waals surface area contributed by atoms with Crippen LogP contribution < -0.4 is 5.32 Å². The second kappa shape index (κ2) is 5.41. The molecule has 2 atom stereocenters. The van der Waals surface area contributed by atoms with Crippen LogP contribution in [0.15, 0.2) is 12.3 Å². The van der Waals surface area contributed by atoms with Crippen LogP contribution in [0.5, 0.6) is 0 Å². The zero-order valence-corrected chi connectivity index (χ0v) is 9.21. The molecule has 6 heteroatoms. The average Bonchev–Trinajstić information content (AvgIpc) is 2.28. The summed E-state index contributed by atoms with van der Waals surface area (Å²) in [5.74, 6) is -0.793. The van der Waals surface area contributed by atoms with Crippen molar-refractivity contribution >= 4 is 11.9 Å². The van der Waals surface area contributed by atoms with E-state index >= 15 is 0 Å². The summed E-state index contributed by atoms with van der Waals surface area (Å²) in [5.41, 5.74) is -0.0543. The lowest BCUT2D eigenvalue weighted by Crippen LogP contribution is -2.27. The zero-order chi connectivity index (χ0) is 12.1. The van der Waals surface area contributed by atoms with Gasteiger partial charge in [-0.1, -0.05) is 6.92 Å². The van der Waals surface area contributed by atoms with Gasteiger partial charge in [0.15, 0.2) is 5.69 Å². The Labute approximate surface area is 93.4 Å². The van der Waals surface area contributed by atoms with E-state index in [1.54, 1.807) is 0 Å². The highest BCUT2D eigenvalue weighted by Crippen LogP contribution is 2.08. The number of hydrogen-bond donors (Lipinski definition) is 3. The third-order valence-corrected chi connectivity index (χ3v) is 2.37. The number of carbonyl (C=O) groups is 1. The quantitative estimate of drug-likeness (QED) is 0.679. The van der Waals surface area contributed by atoms with Gasteiger partial charge in [-0.25, -0.2) is 14.8 Å². The number of anilines is 1. The topological polar surface area (TPSA) is 95.3 Å². The van der Waals surface area contributed by atoms with E-state index in [1.807, 2.05) is 13.8 Å². The van der Waals surface area contributed by atoms with Gasteiger partial charge in [-0.15, -0.1) is 0 Å². The highest BCUT2D eigenvalue weighted by Gasteiger charge is 2.13. The van der Waals surface area contributed by atoms with Crippen molar-refractivity contribution in [3.63, 3.8) is 0 Å². The molecule has 0 saturated heterocycles. The molecule has 1 heterocycles. The summed E-state index contributed by atoms with van der Waals surface area (Å²) in [4.78, 5) is 18.4. The standard InChI is InChI=1S/C10H15N3O3/c1-6(5-14)7(2)12-10-11-4-3-8(13-10)9(15)16/h3-4,6-7,14H,5H2,1-2H3,(H,15,16)(H,11,12,13). The molecule has 0 aliphatic rings. The molecule has 0 saturated carbocycles. The van der Waals surface area contributed by atoms with Crippen molar-refractivity contribution in [1.29, 1.82) is 0 Å². The number of aliphatic hydroxyl groups is 1. The van der Waals surface area contributed by atoms with Gasteiger partial charge < -0.3 is 15.5 Å². The van der Waals surface area contributed by atoms with Crippen LogP contribution in [0.3, 0.4) is 0 Å². The lowest BCUT2D eigenvalue weighted by atomic mass is 10.1. The SMILES string of the molecule is CC(CO)C(C)Nc1nccc(C(=O)O)n1. The first-order valence-corrected chi connectivity index (χ1v) is 4.98. The lowest BCUT2D eigenvalue weighted by Gasteiger charge is -2.18. The van der Waals surface area contributed by atoms with Gasteiger partial charge in [-0.3, -0.25) is 0 Å². The molecule has 3 N–H and O–H groups in total. The minimum absolute atomic E-state index is 0.0333. The number of carboxylic acid groups (broad SMARTS) is 1. The zero-order valence-electron chi connectivity index (χ0n) is 9.21. The fourth-order valence-electron chi connectivity index (χ4n) is 1.05. The van der Waals surface area contributed by atoms with Crippen LogP contribution in [0.25, 0.3) is 0 Å². The van der Waals surface area contributed by atoms with Crippen LogP contribution >= 0.6 is 0 Å². The van der Waals surface area contributed by atoms with Crippen LogP contribution in [0, 0.1) is 5.92 Å². The van der Waals surface area contributed by atoms with Crippen LogP contribution in [0.2, 0.25) is 0 Å². The number of aromatic carboxylic acids is 1. The molecule has 0 fully saturated rings. The van der Waals surface area contributed by atoms with Gasteiger partial charge in [0, 0.05) is 18.8 Å². The third kappa shape index (κ3) is 3.16. The number of nitrogens with zero attached hydrogens (tertiary/aromatic N) is 2. The number of hydrogen-bond acceptors (Lipinski definition) is 5. The van der Waals surface area contributed by atoms with Gasteiger partial charge in [-0.05, 0) is 18.9 Å². The summed E-state index contributed by atoms with van der Waals surface area (Å²) in [6.07, 6.45) is 1.38. The molecule has 0 amide bonds. The van der Waals surface area contributed by atoms with E-state index in [0.29, 0.717) is 0 Å². The highest BCUT2D eigenvalue weighted by molar-refractivity contribution is 5.85. The fraction of sp³-hybridized carbons (Fsp3) is 0.500. The normalized spacial score (nSPS) is 14.2. The van der Waals surface area contributed by atoms with E-state index in [0.717, 1.165) is 0 Å². The molecule has 2 unspecified atom stereocenters. The Balaban J connectivity index is 2.74. The first kappa shape index (κ1) is 12.4. The van der Waals surface area contributed by atoms with Gasteiger partial charge in [0.1, 0.15) is 0 Å². The molecule has 1 aromatic heterocycles. The Hall–Kier alpha value is -1.69. The van der Waals surface area contributed by atoms with Gasteiger partial charge in [0.05, 0.1) is 0 Å². The molecule has 0 aliphatic carbocycles.